The third-order valence-electron chi connectivity index (χ3n) is 10.5. The second-order valence-electron chi connectivity index (χ2n) is 14.0. The van der Waals surface area contributed by atoms with Crippen molar-refractivity contribution in [1.29, 1.82) is 0 Å². The van der Waals surface area contributed by atoms with Crippen molar-refractivity contribution in [2.75, 3.05) is 0 Å². The normalized spacial score (nSPS) is 11.6. The molecular formula is C51H31N3OS. The molecule has 0 aliphatic carbocycles. The van der Waals surface area contributed by atoms with Gasteiger partial charge in [0.25, 0.3) is 0 Å². The number of furan rings is 1. The van der Waals surface area contributed by atoms with Crippen molar-refractivity contribution in [1.82, 2.24) is 15.0 Å². The third kappa shape index (κ3) is 5.56. The van der Waals surface area contributed by atoms with E-state index < -0.39 is 0 Å². The molecule has 0 radical (unpaired) electrons. The average Bonchev–Trinajstić information content (AvgIpc) is 3.85. The maximum Gasteiger partial charge on any atom is 0.164 e. The monoisotopic (exact) mass is 733 g/mol. The zero-order valence-corrected chi connectivity index (χ0v) is 30.9. The summed E-state index contributed by atoms with van der Waals surface area (Å²) in [6.45, 7) is 0. The molecule has 0 bridgehead atoms. The van der Waals surface area contributed by atoms with Crippen molar-refractivity contribution >= 4 is 53.4 Å². The van der Waals surface area contributed by atoms with Gasteiger partial charge in [-0.1, -0.05) is 152 Å². The van der Waals surface area contributed by atoms with E-state index in [-0.39, 0.29) is 0 Å². The quantitative estimate of drug-likeness (QED) is 0.171. The first-order valence-electron chi connectivity index (χ1n) is 18.7. The summed E-state index contributed by atoms with van der Waals surface area (Å²) >= 11 is 1.85. The summed E-state index contributed by atoms with van der Waals surface area (Å²) in [5, 5.41) is 4.78. The van der Waals surface area contributed by atoms with Crippen molar-refractivity contribution in [3.05, 3.63) is 188 Å². The summed E-state index contributed by atoms with van der Waals surface area (Å²) < 4.78 is 9.36. The second kappa shape index (κ2) is 13.3. The van der Waals surface area contributed by atoms with Crippen LogP contribution in [-0.4, -0.2) is 15.0 Å². The molecule has 0 unspecified atom stereocenters. The Labute approximate surface area is 327 Å². The summed E-state index contributed by atoms with van der Waals surface area (Å²) in [4.78, 5) is 14.9. The van der Waals surface area contributed by atoms with Gasteiger partial charge in [0.2, 0.25) is 0 Å². The highest BCUT2D eigenvalue weighted by Gasteiger charge is 2.19. The third-order valence-corrected chi connectivity index (χ3v) is 11.7. The van der Waals surface area contributed by atoms with Crippen LogP contribution in [0.25, 0.3) is 110 Å². The van der Waals surface area contributed by atoms with Gasteiger partial charge in [-0.3, -0.25) is 0 Å². The lowest BCUT2D eigenvalue weighted by Crippen LogP contribution is -2.00. The topological polar surface area (TPSA) is 51.8 Å². The Morgan fingerprint density at radius 1 is 0.339 bits per heavy atom. The van der Waals surface area contributed by atoms with Crippen LogP contribution in [0.15, 0.2) is 192 Å². The van der Waals surface area contributed by atoms with Crippen LogP contribution in [0.2, 0.25) is 0 Å². The average molecular weight is 734 g/mol. The molecule has 3 heterocycles. The molecule has 0 spiro atoms. The van der Waals surface area contributed by atoms with Gasteiger partial charge in [0, 0.05) is 53.2 Å². The zero-order chi connectivity index (χ0) is 37.0. The summed E-state index contributed by atoms with van der Waals surface area (Å²) in [6.07, 6.45) is 0. The second-order valence-corrected chi connectivity index (χ2v) is 15.1. The number of rotatable bonds is 6. The SMILES string of the molecule is c1ccc(-c2nc(-c3ccccc3)nc(-c3cccc(-c4ccc(-c5cccc(-c6ccc7c(c6)sc6ccccc67)c5)c5oc6ccccc6c45)c3)n2)cc1. The lowest BCUT2D eigenvalue weighted by molar-refractivity contribution is 0.670. The molecule has 3 aromatic heterocycles. The van der Waals surface area contributed by atoms with Crippen LogP contribution < -0.4 is 0 Å². The van der Waals surface area contributed by atoms with Crippen molar-refractivity contribution in [2.45, 2.75) is 0 Å². The molecule has 0 saturated heterocycles. The van der Waals surface area contributed by atoms with Gasteiger partial charge in [-0.05, 0) is 64.2 Å². The minimum absolute atomic E-state index is 0.620. The van der Waals surface area contributed by atoms with Crippen molar-refractivity contribution in [3.8, 4) is 67.5 Å². The number of nitrogens with zero attached hydrogens (tertiary/aromatic N) is 3. The number of thiophene rings is 1. The molecule has 0 aliphatic rings. The molecule has 56 heavy (non-hydrogen) atoms. The number of fused-ring (bicyclic) bond motifs is 6. The summed E-state index contributed by atoms with van der Waals surface area (Å²) in [6, 6.07) is 65.7. The van der Waals surface area contributed by atoms with Crippen LogP contribution in [0.5, 0.6) is 0 Å². The predicted octanol–water partition coefficient (Wildman–Crippen LogP) is 14.1. The fourth-order valence-electron chi connectivity index (χ4n) is 7.83. The van der Waals surface area contributed by atoms with Gasteiger partial charge in [0.15, 0.2) is 17.5 Å². The van der Waals surface area contributed by atoms with Gasteiger partial charge >= 0.3 is 0 Å². The Hall–Kier alpha value is -7.21. The van der Waals surface area contributed by atoms with E-state index >= 15 is 0 Å². The molecule has 11 rings (SSSR count). The van der Waals surface area contributed by atoms with E-state index in [1.807, 2.05) is 78.1 Å². The van der Waals surface area contributed by atoms with Crippen molar-refractivity contribution < 1.29 is 4.42 Å². The predicted molar refractivity (Wildman–Crippen MR) is 233 cm³/mol. The van der Waals surface area contributed by atoms with Crippen molar-refractivity contribution in [2.24, 2.45) is 0 Å². The number of aromatic nitrogens is 3. The van der Waals surface area contributed by atoms with Crippen LogP contribution >= 0.6 is 11.3 Å². The molecule has 0 fully saturated rings. The maximum absolute atomic E-state index is 6.75. The van der Waals surface area contributed by atoms with E-state index in [2.05, 4.69) is 121 Å². The Kier molecular flexibility index (Phi) is 7.64. The highest BCUT2D eigenvalue weighted by Crippen LogP contribution is 2.43. The first kappa shape index (κ1) is 32.2. The van der Waals surface area contributed by atoms with Crippen molar-refractivity contribution in [3.63, 3.8) is 0 Å². The molecule has 0 aliphatic heterocycles. The number of hydrogen-bond donors (Lipinski definition) is 0. The van der Waals surface area contributed by atoms with E-state index in [9.17, 15) is 0 Å². The molecule has 0 saturated carbocycles. The van der Waals surface area contributed by atoms with Crippen LogP contribution in [-0.2, 0) is 0 Å². The smallest absolute Gasteiger partial charge is 0.164 e. The fourth-order valence-corrected chi connectivity index (χ4v) is 8.98. The zero-order valence-electron chi connectivity index (χ0n) is 30.1. The van der Waals surface area contributed by atoms with Crippen LogP contribution in [0, 0.1) is 0 Å². The molecule has 5 heteroatoms. The van der Waals surface area contributed by atoms with Crippen LogP contribution in [0.4, 0.5) is 0 Å². The maximum atomic E-state index is 6.75. The molecule has 8 aromatic carbocycles. The van der Waals surface area contributed by atoms with E-state index in [1.165, 1.54) is 31.3 Å². The van der Waals surface area contributed by atoms with E-state index in [0.717, 1.165) is 60.9 Å². The molecule has 262 valence electrons. The van der Waals surface area contributed by atoms with Gasteiger partial charge in [-0.15, -0.1) is 11.3 Å². The molecule has 11 aromatic rings. The van der Waals surface area contributed by atoms with E-state index in [4.69, 9.17) is 19.4 Å². The summed E-state index contributed by atoms with van der Waals surface area (Å²) in [5.74, 6) is 1.90. The number of hydrogen-bond acceptors (Lipinski definition) is 5. The minimum Gasteiger partial charge on any atom is -0.455 e. The van der Waals surface area contributed by atoms with Gasteiger partial charge in [-0.25, -0.2) is 15.0 Å². The minimum atomic E-state index is 0.620. The largest absolute Gasteiger partial charge is 0.455 e. The molecule has 4 nitrogen and oxygen atoms in total. The van der Waals surface area contributed by atoms with Crippen LogP contribution in [0.3, 0.4) is 0 Å². The molecule has 0 atom stereocenters. The molecular weight excluding hydrogens is 703 g/mol. The van der Waals surface area contributed by atoms with Gasteiger partial charge < -0.3 is 4.42 Å². The Bertz CT molecular complexity index is 3200. The first-order chi connectivity index (χ1) is 27.7. The van der Waals surface area contributed by atoms with Gasteiger partial charge in [-0.2, -0.15) is 0 Å². The first-order valence-corrected chi connectivity index (χ1v) is 19.5. The number of para-hydroxylation sites is 1. The van der Waals surface area contributed by atoms with E-state index in [0.29, 0.717) is 17.5 Å². The summed E-state index contributed by atoms with van der Waals surface area (Å²) in [5.41, 5.74) is 11.2. The highest BCUT2D eigenvalue weighted by molar-refractivity contribution is 7.25. The van der Waals surface area contributed by atoms with E-state index in [1.54, 1.807) is 0 Å². The Balaban J connectivity index is 1.04. The summed E-state index contributed by atoms with van der Waals surface area (Å²) in [7, 11) is 0. The van der Waals surface area contributed by atoms with Crippen LogP contribution in [0.1, 0.15) is 0 Å². The lowest BCUT2D eigenvalue weighted by atomic mass is 9.92. The standard InChI is InChI=1S/C51H31N3OS/c1-3-13-32(14-4-1)49-52-50(33-15-5-2-6-16-33)54-51(53-49)38-20-12-18-36(30-38)39-27-28-40(48-47(39)43-22-7-9-23-44(43)55-48)37-19-11-17-34(29-37)35-25-26-42-41-21-8-10-24-45(41)56-46(42)31-35/h1-31H. The Morgan fingerprint density at radius 2 is 0.857 bits per heavy atom. The Morgan fingerprint density at radius 3 is 1.61 bits per heavy atom. The van der Waals surface area contributed by atoms with Gasteiger partial charge in [0.05, 0.1) is 0 Å². The molecule has 0 amide bonds. The molecule has 0 N–H and O–H groups in total. The highest BCUT2D eigenvalue weighted by atomic mass is 32.1. The lowest BCUT2D eigenvalue weighted by Gasteiger charge is -2.12. The van der Waals surface area contributed by atoms with Gasteiger partial charge in [0.1, 0.15) is 11.2 Å². The fraction of sp³-hybridized carbons (Fsp3) is 0. The number of benzene rings is 8.